The van der Waals surface area contributed by atoms with Crippen LogP contribution in [0.1, 0.15) is 32.3 Å². The Bertz CT molecular complexity index is 699. The summed E-state index contributed by atoms with van der Waals surface area (Å²) in [6.07, 6.45) is 2.90. The fourth-order valence-electron chi connectivity index (χ4n) is 2.21. The quantitative estimate of drug-likeness (QED) is 0.849. The average Bonchev–Trinajstić information content (AvgIpc) is 3.13. The van der Waals surface area contributed by atoms with Gasteiger partial charge in [0.25, 0.3) is 11.6 Å². The molecule has 4 heteroatoms. The molecular formula is C15H18N2O2. The van der Waals surface area contributed by atoms with Gasteiger partial charge in [-0.05, 0) is 37.8 Å². The van der Waals surface area contributed by atoms with E-state index in [-0.39, 0.29) is 11.2 Å². The van der Waals surface area contributed by atoms with Gasteiger partial charge in [-0.3, -0.25) is 9.36 Å². The van der Waals surface area contributed by atoms with Gasteiger partial charge in [0.15, 0.2) is 0 Å². The number of hydrogen-bond acceptors (Lipinski definition) is 3. The van der Waals surface area contributed by atoms with Gasteiger partial charge in [-0.2, -0.15) is 4.98 Å². The summed E-state index contributed by atoms with van der Waals surface area (Å²) in [5.41, 5.74) is 1.68. The van der Waals surface area contributed by atoms with E-state index in [1.807, 2.05) is 18.2 Å². The Balaban J connectivity index is 2.23. The van der Waals surface area contributed by atoms with E-state index in [2.05, 4.69) is 18.8 Å². The van der Waals surface area contributed by atoms with Gasteiger partial charge in [0, 0.05) is 7.05 Å². The number of aryl methyl sites for hydroxylation is 1. The van der Waals surface area contributed by atoms with Crippen molar-refractivity contribution in [1.82, 2.24) is 9.55 Å². The molecule has 4 nitrogen and oxygen atoms in total. The van der Waals surface area contributed by atoms with Gasteiger partial charge in [-0.25, -0.2) is 0 Å². The number of fused-ring (bicyclic) bond motifs is 1. The van der Waals surface area contributed by atoms with Crippen molar-refractivity contribution in [2.75, 3.05) is 0 Å². The number of benzene rings is 1. The Morgan fingerprint density at radius 1 is 1.42 bits per heavy atom. The Labute approximate surface area is 112 Å². The molecule has 0 aliphatic heterocycles. The van der Waals surface area contributed by atoms with Gasteiger partial charge in [0.05, 0.1) is 10.9 Å². The summed E-state index contributed by atoms with van der Waals surface area (Å²) >= 11 is 0. The summed E-state index contributed by atoms with van der Waals surface area (Å²) < 4.78 is 7.39. The first-order valence-corrected chi connectivity index (χ1v) is 6.72. The van der Waals surface area contributed by atoms with Gasteiger partial charge in [0.2, 0.25) is 0 Å². The smallest absolute Gasteiger partial charge is 0.300 e. The summed E-state index contributed by atoms with van der Waals surface area (Å²) in [4.78, 5) is 16.9. The zero-order valence-corrected chi connectivity index (χ0v) is 11.6. The molecule has 3 rings (SSSR count). The molecule has 100 valence electrons. The van der Waals surface area contributed by atoms with Crippen LogP contribution in [0, 0.1) is 0 Å². The fourth-order valence-corrected chi connectivity index (χ4v) is 2.21. The molecule has 0 bridgehead atoms. The van der Waals surface area contributed by atoms with Crippen molar-refractivity contribution in [3.05, 3.63) is 34.1 Å². The van der Waals surface area contributed by atoms with Crippen molar-refractivity contribution in [3.8, 4) is 6.01 Å². The molecule has 1 aliphatic rings. The lowest BCUT2D eigenvalue weighted by Gasteiger charge is -2.15. The highest BCUT2D eigenvalue weighted by atomic mass is 16.5. The maximum atomic E-state index is 12.4. The van der Waals surface area contributed by atoms with Crippen LogP contribution in [-0.4, -0.2) is 15.2 Å². The number of nitrogens with zero attached hydrogens (tertiary/aromatic N) is 2. The average molecular weight is 258 g/mol. The topological polar surface area (TPSA) is 44.1 Å². The van der Waals surface area contributed by atoms with Gasteiger partial charge in [-0.15, -0.1) is 0 Å². The second-order valence-corrected chi connectivity index (χ2v) is 5.48. The molecule has 0 saturated heterocycles. The first-order chi connectivity index (χ1) is 9.04. The van der Waals surface area contributed by atoms with Gasteiger partial charge < -0.3 is 4.74 Å². The number of rotatable bonds is 3. The molecule has 1 fully saturated rings. The normalized spacial score (nSPS) is 16.6. The summed E-state index contributed by atoms with van der Waals surface area (Å²) in [5.74, 6) is 0. The molecule has 2 aromatic rings. The number of hydrogen-bond donors (Lipinski definition) is 0. The predicted octanol–water partition coefficient (Wildman–Crippen LogP) is 2.43. The summed E-state index contributed by atoms with van der Waals surface area (Å²) in [7, 11) is 1.72. The molecule has 0 spiro atoms. The van der Waals surface area contributed by atoms with Crippen molar-refractivity contribution < 1.29 is 4.74 Å². The van der Waals surface area contributed by atoms with Crippen molar-refractivity contribution in [1.29, 1.82) is 0 Å². The Morgan fingerprint density at radius 3 is 2.79 bits per heavy atom. The van der Waals surface area contributed by atoms with Crippen molar-refractivity contribution in [3.63, 3.8) is 0 Å². The highest BCUT2D eigenvalue weighted by Gasteiger charge is 2.41. The standard InChI is InChI=1S/C15H18N2O2/c1-4-10-6-5-7-11-12(10)16-14(17(3)13(11)18)19-15(2)8-9-15/h5-7H,4,8-9H2,1-3H3. The van der Waals surface area contributed by atoms with Crippen LogP contribution in [0.5, 0.6) is 6.01 Å². The van der Waals surface area contributed by atoms with Gasteiger partial charge in [0.1, 0.15) is 5.60 Å². The number of aromatic nitrogens is 2. The molecule has 1 aromatic carbocycles. The third-order valence-corrected chi connectivity index (χ3v) is 3.82. The first kappa shape index (κ1) is 12.2. The third kappa shape index (κ3) is 2.01. The molecule has 0 amide bonds. The molecule has 1 aliphatic carbocycles. The number of para-hydroxylation sites is 1. The Kier molecular flexibility index (Phi) is 2.62. The molecule has 1 heterocycles. The molecule has 0 atom stereocenters. The molecule has 1 saturated carbocycles. The highest BCUT2D eigenvalue weighted by molar-refractivity contribution is 5.81. The van der Waals surface area contributed by atoms with E-state index in [9.17, 15) is 4.79 Å². The van der Waals surface area contributed by atoms with E-state index in [0.29, 0.717) is 11.4 Å². The monoisotopic (exact) mass is 258 g/mol. The second-order valence-electron chi connectivity index (χ2n) is 5.48. The van der Waals surface area contributed by atoms with E-state index in [1.165, 1.54) is 4.57 Å². The molecule has 19 heavy (non-hydrogen) atoms. The lowest BCUT2D eigenvalue weighted by Crippen LogP contribution is -2.24. The molecule has 0 unspecified atom stereocenters. The van der Waals surface area contributed by atoms with Crippen LogP contribution in [0.4, 0.5) is 0 Å². The van der Waals surface area contributed by atoms with Crippen LogP contribution in [0.15, 0.2) is 23.0 Å². The highest BCUT2D eigenvalue weighted by Crippen LogP contribution is 2.38. The minimum Gasteiger partial charge on any atom is -0.458 e. The van der Waals surface area contributed by atoms with Crippen molar-refractivity contribution >= 4 is 10.9 Å². The van der Waals surface area contributed by atoms with E-state index < -0.39 is 0 Å². The Hall–Kier alpha value is -1.84. The summed E-state index contributed by atoms with van der Waals surface area (Å²) in [6, 6.07) is 6.18. The second kappa shape index (κ2) is 4.08. The van der Waals surface area contributed by atoms with Crippen LogP contribution in [0.25, 0.3) is 10.9 Å². The van der Waals surface area contributed by atoms with Crippen LogP contribution in [-0.2, 0) is 13.5 Å². The summed E-state index contributed by atoms with van der Waals surface area (Å²) in [6.45, 7) is 4.12. The lowest BCUT2D eigenvalue weighted by molar-refractivity contribution is 0.174. The molecular weight excluding hydrogens is 240 g/mol. The first-order valence-electron chi connectivity index (χ1n) is 6.72. The Morgan fingerprint density at radius 2 is 2.16 bits per heavy atom. The maximum absolute atomic E-state index is 12.4. The van der Waals surface area contributed by atoms with Crippen LogP contribution in [0.3, 0.4) is 0 Å². The SMILES string of the molecule is CCc1cccc2c(=O)n(C)c(OC3(C)CC3)nc12. The molecule has 0 radical (unpaired) electrons. The van der Waals surface area contributed by atoms with Crippen molar-refractivity contribution in [2.45, 2.75) is 38.7 Å². The van der Waals surface area contributed by atoms with E-state index >= 15 is 0 Å². The minimum atomic E-state index is -0.133. The van der Waals surface area contributed by atoms with E-state index in [1.54, 1.807) is 7.05 Å². The van der Waals surface area contributed by atoms with E-state index in [0.717, 1.165) is 30.3 Å². The number of ether oxygens (including phenoxy) is 1. The predicted molar refractivity (Wildman–Crippen MR) is 74.6 cm³/mol. The maximum Gasteiger partial charge on any atom is 0.300 e. The largest absolute Gasteiger partial charge is 0.458 e. The van der Waals surface area contributed by atoms with Crippen LogP contribution < -0.4 is 10.3 Å². The van der Waals surface area contributed by atoms with Gasteiger partial charge >= 0.3 is 0 Å². The molecule has 0 N–H and O–H groups in total. The zero-order valence-electron chi connectivity index (χ0n) is 11.6. The summed E-state index contributed by atoms with van der Waals surface area (Å²) in [5, 5.41) is 0.662. The lowest BCUT2D eigenvalue weighted by atomic mass is 10.1. The van der Waals surface area contributed by atoms with Crippen LogP contribution in [0.2, 0.25) is 0 Å². The van der Waals surface area contributed by atoms with Gasteiger partial charge in [-0.1, -0.05) is 19.1 Å². The fraction of sp³-hybridized carbons (Fsp3) is 0.467. The van der Waals surface area contributed by atoms with E-state index in [4.69, 9.17) is 4.74 Å². The minimum absolute atomic E-state index is 0.0421. The molecule has 1 aromatic heterocycles. The van der Waals surface area contributed by atoms with Crippen LogP contribution >= 0.6 is 0 Å². The zero-order chi connectivity index (χ0) is 13.6. The van der Waals surface area contributed by atoms with Crippen molar-refractivity contribution in [2.24, 2.45) is 7.05 Å². The third-order valence-electron chi connectivity index (χ3n) is 3.82.